The zero-order valence-electron chi connectivity index (χ0n) is 13.0. The predicted molar refractivity (Wildman–Crippen MR) is 101 cm³/mol. The summed E-state index contributed by atoms with van der Waals surface area (Å²) in [4.78, 5) is 12.7. The number of thioether (sulfide) groups is 1. The number of amides is 1. The lowest BCUT2D eigenvalue weighted by Crippen LogP contribution is -2.16. The van der Waals surface area contributed by atoms with Crippen LogP contribution < -0.4 is 5.32 Å². The average molecular weight is 418 g/mol. The first-order valence-corrected chi connectivity index (χ1v) is 9.58. The fourth-order valence-electron chi connectivity index (χ4n) is 2.73. The summed E-state index contributed by atoms with van der Waals surface area (Å²) in [6.07, 6.45) is 0. The maximum absolute atomic E-state index is 13.2. The van der Waals surface area contributed by atoms with Gasteiger partial charge in [-0.1, -0.05) is 12.1 Å². The maximum Gasteiger partial charge on any atom is 0.257 e. The largest absolute Gasteiger partial charge is 0.306 e. The van der Waals surface area contributed by atoms with Crippen LogP contribution in [0.3, 0.4) is 0 Å². The van der Waals surface area contributed by atoms with Gasteiger partial charge in [0.25, 0.3) is 5.91 Å². The first-order chi connectivity index (χ1) is 12.1. The minimum absolute atomic E-state index is 0.213. The van der Waals surface area contributed by atoms with E-state index in [0.717, 1.165) is 27.2 Å². The minimum atomic E-state index is -0.308. The molecule has 2 heterocycles. The van der Waals surface area contributed by atoms with Crippen molar-refractivity contribution in [3.63, 3.8) is 0 Å². The molecule has 3 aromatic rings. The van der Waals surface area contributed by atoms with Crippen molar-refractivity contribution < 1.29 is 9.18 Å². The number of hydrogen-bond donors (Lipinski definition) is 1. The molecule has 1 aliphatic rings. The van der Waals surface area contributed by atoms with E-state index in [-0.39, 0.29) is 11.7 Å². The molecular weight excluding hydrogens is 405 g/mol. The summed E-state index contributed by atoms with van der Waals surface area (Å²) in [7, 11) is 0. The SMILES string of the molecule is O=C(Nc1c2c(nn1-c1ccc(F)cc1)CSC2)c1ccccc1Br. The standard InChI is InChI=1S/C18H13BrFN3OS/c19-15-4-2-1-3-13(15)18(24)21-17-14-9-25-10-16(14)22-23(17)12-7-5-11(20)6-8-12/h1-8H,9-10H2,(H,21,24). The molecule has 1 aromatic heterocycles. The molecule has 1 amide bonds. The highest BCUT2D eigenvalue weighted by atomic mass is 79.9. The zero-order chi connectivity index (χ0) is 17.4. The number of rotatable bonds is 3. The molecule has 25 heavy (non-hydrogen) atoms. The van der Waals surface area contributed by atoms with Crippen molar-refractivity contribution in [2.45, 2.75) is 11.5 Å². The summed E-state index contributed by atoms with van der Waals surface area (Å²) in [6.45, 7) is 0. The predicted octanol–water partition coefficient (Wildman–Crippen LogP) is 4.77. The Hall–Kier alpha value is -2.12. The van der Waals surface area contributed by atoms with E-state index >= 15 is 0 Å². The molecule has 0 unspecified atom stereocenters. The molecule has 0 aliphatic carbocycles. The summed E-state index contributed by atoms with van der Waals surface area (Å²) in [5, 5.41) is 7.59. The van der Waals surface area contributed by atoms with Gasteiger partial charge in [0.1, 0.15) is 11.6 Å². The second-order valence-corrected chi connectivity index (χ2v) is 7.43. The highest BCUT2D eigenvalue weighted by molar-refractivity contribution is 9.10. The minimum Gasteiger partial charge on any atom is -0.306 e. The van der Waals surface area contributed by atoms with E-state index in [1.54, 1.807) is 34.6 Å². The van der Waals surface area contributed by atoms with Gasteiger partial charge >= 0.3 is 0 Å². The van der Waals surface area contributed by atoms with Crippen LogP contribution in [0.15, 0.2) is 53.0 Å². The quantitative estimate of drug-likeness (QED) is 0.667. The second kappa shape index (κ2) is 6.65. The Labute approximate surface area is 156 Å². The Balaban J connectivity index is 1.75. The van der Waals surface area contributed by atoms with E-state index in [9.17, 15) is 9.18 Å². The highest BCUT2D eigenvalue weighted by Gasteiger charge is 2.25. The van der Waals surface area contributed by atoms with Crippen LogP contribution in [-0.4, -0.2) is 15.7 Å². The molecule has 0 atom stereocenters. The van der Waals surface area contributed by atoms with Crippen molar-refractivity contribution in [2.75, 3.05) is 5.32 Å². The summed E-state index contributed by atoms with van der Waals surface area (Å²) in [6, 6.07) is 13.3. The van der Waals surface area contributed by atoms with Gasteiger partial charge in [0.05, 0.1) is 16.9 Å². The number of anilines is 1. The van der Waals surface area contributed by atoms with Gasteiger partial charge in [0, 0.05) is 21.5 Å². The molecule has 0 fully saturated rings. The van der Waals surface area contributed by atoms with Gasteiger partial charge in [-0.25, -0.2) is 9.07 Å². The van der Waals surface area contributed by atoms with E-state index in [2.05, 4.69) is 26.3 Å². The lowest BCUT2D eigenvalue weighted by atomic mass is 10.2. The second-order valence-electron chi connectivity index (χ2n) is 5.59. The van der Waals surface area contributed by atoms with Crippen LogP contribution in [-0.2, 0) is 11.5 Å². The van der Waals surface area contributed by atoms with E-state index in [1.807, 2.05) is 18.2 Å². The Morgan fingerprint density at radius 2 is 1.92 bits per heavy atom. The van der Waals surface area contributed by atoms with Crippen LogP contribution in [0.4, 0.5) is 10.2 Å². The number of halogens is 2. The molecule has 0 bridgehead atoms. The van der Waals surface area contributed by atoms with Crippen molar-refractivity contribution in [2.24, 2.45) is 0 Å². The van der Waals surface area contributed by atoms with Crippen LogP contribution >= 0.6 is 27.7 Å². The van der Waals surface area contributed by atoms with Crippen LogP contribution in [0.2, 0.25) is 0 Å². The van der Waals surface area contributed by atoms with Crippen LogP contribution in [0.25, 0.3) is 5.69 Å². The summed E-state index contributed by atoms with van der Waals surface area (Å²) in [5.74, 6) is 1.73. The molecule has 4 rings (SSSR count). The Morgan fingerprint density at radius 3 is 2.68 bits per heavy atom. The lowest BCUT2D eigenvalue weighted by molar-refractivity contribution is 0.102. The Morgan fingerprint density at radius 1 is 1.16 bits per heavy atom. The van der Waals surface area contributed by atoms with Gasteiger partial charge in [0.15, 0.2) is 0 Å². The number of aromatic nitrogens is 2. The van der Waals surface area contributed by atoms with Crippen LogP contribution in [0, 0.1) is 5.82 Å². The maximum atomic E-state index is 13.2. The molecule has 0 spiro atoms. The van der Waals surface area contributed by atoms with E-state index < -0.39 is 0 Å². The third kappa shape index (κ3) is 3.09. The summed E-state index contributed by atoms with van der Waals surface area (Å²) in [5.41, 5.74) is 3.24. The number of nitrogens with one attached hydrogen (secondary N) is 1. The van der Waals surface area contributed by atoms with Crippen molar-refractivity contribution in [1.82, 2.24) is 9.78 Å². The molecule has 1 aliphatic heterocycles. The molecule has 0 saturated heterocycles. The average Bonchev–Trinajstić information content (AvgIpc) is 3.19. The van der Waals surface area contributed by atoms with Gasteiger partial charge in [0.2, 0.25) is 0 Å². The van der Waals surface area contributed by atoms with E-state index in [4.69, 9.17) is 0 Å². The fourth-order valence-corrected chi connectivity index (χ4v) is 4.23. The van der Waals surface area contributed by atoms with Gasteiger partial charge < -0.3 is 5.32 Å². The smallest absolute Gasteiger partial charge is 0.257 e. The number of fused-ring (bicyclic) bond motifs is 1. The first kappa shape index (κ1) is 16.4. The Bertz CT molecular complexity index is 955. The molecule has 7 heteroatoms. The molecule has 0 saturated carbocycles. The van der Waals surface area contributed by atoms with Crippen molar-refractivity contribution in [1.29, 1.82) is 0 Å². The number of nitrogens with zero attached hydrogens (tertiary/aromatic N) is 2. The molecule has 0 radical (unpaired) electrons. The number of carbonyl (C=O) groups excluding carboxylic acids is 1. The molecular formula is C18H13BrFN3OS. The van der Waals surface area contributed by atoms with E-state index in [1.165, 1.54) is 12.1 Å². The lowest BCUT2D eigenvalue weighted by Gasteiger charge is -2.12. The normalized spacial score (nSPS) is 12.9. The van der Waals surface area contributed by atoms with Gasteiger partial charge in [-0.05, 0) is 52.3 Å². The fraction of sp³-hybridized carbons (Fsp3) is 0.111. The van der Waals surface area contributed by atoms with Crippen LogP contribution in [0.5, 0.6) is 0 Å². The Kier molecular flexibility index (Phi) is 4.35. The molecule has 4 nitrogen and oxygen atoms in total. The number of benzene rings is 2. The van der Waals surface area contributed by atoms with Gasteiger partial charge in [-0.3, -0.25) is 4.79 Å². The molecule has 1 N–H and O–H groups in total. The third-order valence-corrected chi connectivity index (χ3v) is 5.64. The van der Waals surface area contributed by atoms with Crippen molar-refractivity contribution in [3.05, 3.63) is 75.6 Å². The number of hydrogen-bond acceptors (Lipinski definition) is 3. The van der Waals surface area contributed by atoms with E-state index in [0.29, 0.717) is 17.1 Å². The monoisotopic (exact) mass is 417 g/mol. The van der Waals surface area contributed by atoms with Gasteiger partial charge in [-0.2, -0.15) is 16.9 Å². The number of carbonyl (C=O) groups is 1. The van der Waals surface area contributed by atoms with Crippen molar-refractivity contribution in [3.8, 4) is 5.69 Å². The zero-order valence-corrected chi connectivity index (χ0v) is 15.4. The molecule has 2 aromatic carbocycles. The van der Waals surface area contributed by atoms with Crippen molar-refractivity contribution >= 4 is 39.4 Å². The van der Waals surface area contributed by atoms with Gasteiger partial charge in [-0.15, -0.1) is 0 Å². The van der Waals surface area contributed by atoms with Crippen LogP contribution in [0.1, 0.15) is 21.6 Å². The molecule has 126 valence electrons. The third-order valence-electron chi connectivity index (χ3n) is 3.97. The highest BCUT2D eigenvalue weighted by Crippen LogP contribution is 2.36. The summed E-state index contributed by atoms with van der Waals surface area (Å²) >= 11 is 5.17. The summed E-state index contributed by atoms with van der Waals surface area (Å²) < 4.78 is 15.6. The first-order valence-electron chi connectivity index (χ1n) is 7.64. The topological polar surface area (TPSA) is 46.9 Å².